The Morgan fingerprint density at radius 1 is 1.31 bits per heavy atom. The summed E-state index contributed by atoms with van der Waals surface area (Å²) in [7, 11) is 3.22. The van der Waals surface area contributed by atoms with Crippen molar-refractivity contribution < 1.29 is 4.79 Å². The summed E-state index contributed by atoms with van der Waals surface area (Å²) in [6, 6.07) is -0.122. The van der Waals surface area contributed by atoms with Crippen LogP contribution in [-0.2, 0) is 25.4 Å². The number of nitrogens with two attached hydrogens (primary N) is 1. The molecule has 0 aromatic carbocycles. The van der Waals surface area contributed by atoms with Crippen molar-refractivity contribution in [2.45, 2.75) is 44.7 Å². The number of carbonyl (C=O) groups excluding carboxylic acids is 1. The van der Waals surface area contributed by atoms with E-state index in [1.807, 2.05) is 0 Å². The summed E-state index contributed by atoms with van der Waals surface area (Å²) in [5, 5.41) is 2.92. The van der Waals surface area contributed by atoms with Crippen LogP contribution in [0.15, 0.2) is 15.9 Å². The summed E-state index contributed by atoms with van der Waals surface area (Å²) in [6.07, 6.45) is 7.08. The Morgan fingerprint density at radius 3 is 2.65 bits per heavy atom. The van der Waals surface area contributed by atoms with Crippen LogP contribution >= 0.6 is 0 Å². The van der Waals surface area contributed by atoms with Crippen molar-refractivity contribution in [2.75, 3.05) is 6.54 Å². The van der Waals surface area contributed by atoms with Crippen molar-refractivity contribution >= 4 is 17.1 Å². The lowest BCUT2D eigenvalue weighted by Crippen LogP contribution is -2.49. The first-order valence-electron chi connectivity index (χ1n) is 9.04. The predicted octanol–water partition coefficient (Wildman–Crippen LogP) is -0.542. The fourth-order valence-electron chi connectivity index (χ4n) is 3.84. The van der Waals surface area contributed by atoms with Crippen LogP contribution in [0.4, 0.5) is 0 Å². The van der Waals surface area contributed by atoms with Gasteiger partial charge in [-0.3, -0.25) is 14.2 Å². The highest BCUT2D eigenvalue weighted by atomic mass is 16.2. The molecule has 1 saturated carbocycles. The molecule has 0 spiro atoms. The zero-order chi connectivity index (χ0) is 18.8. The van der Waals surface area contributed by atoms with Gasteiger partial charge in [0.1, 0.15) is 6.54 Å². The molecule has 0 aliphatic heterocycles. The lowest BCUT2D eigenvalue weighted by atomic mass is 9.84. The molecular formula is C17H26N6O3. The fourth-order valence-corrected chi connectivity index (χ4v) is 3.84. The van der Waals surface area contributed by atoms with E-state index in [1.54, 1.807) is 11.6 Å². The van der Waals surface area contributed by atoms with E-state index in [4.69, 9.17) is 5.73 Å². The Morgan fingerprint density at radius 2 is 2.00 bits per heavy atom. The van der Waals surface area contributed by atoms with Crippen LogP contribution < -0.4 is 22.3 Å². The van der Waals surface area contributed by atoms with Crippen LogP contribution in [0.5, 0.6) is 0 Å². The van der Waals surface area contributed by atoms with Gasteiger partial charge in [0.25, 0.3) is 5.56 Å². The van der Waals surface area contributed by atoms with Gasteiger partial charge in [0.2, 0.25) is 5.91 Å². The molecule has 1 amide bonds. The second-order valence-electron chi connectivity index (χ2n) is 7.07. The molecule has 1 unspecified atom stereocenters. The zero-order valence-electron chi connectivity index (χ0n) is 15.3. The molecule has 2 heterocycles. The van der Waals surface area contributed by atoms with E-state index in [1.165, 1.54) is 24.4 Å². The van der Waals surface area contributed by atoms with Gasteiger partial charge in [-0.2, -0.15) is 0 Å². The molecule has 1 fully saturated rings. The second-order valence-corrected chi connectivity index (χ2v) is 7.07. The van der Waals surface area contributed by atoms with Crippen molar-refractivity contribution in [3.8, 4) is 0 Å². The summed E-state index contributed by atoms with van der Waals surface area (Å²) >= 11 is 0. The van der Waals surface area contributed by atoms with Gasteiger partial charge < -0.3 is 15.6 Å². The number of hydrogen-bond donors (Lipinski definition) is 2. The second kappa shape index (κ2) is 7.45. The van der Waals surface area contributed by atoms with Gasteiger partial charge in [0.15, 0.2) is 11.2 Å². The summed E-state index contributed by atoms with van der Waals surface area (Å²) in [5.74, 6) is -0.0106. The van der Waals surface area contributed by atoms with Crippen molar-refractivity contribution in [2.24, 2.45) is 25.7 Å². The van der Waals surface area contributed by atoms with Gasteiger partial charge in [0, 0.05) is 26.7 Å². The third kappa shape index (κ3) is 3.31. The molecule has 1 atom stereocenters. The van der Waals surface area contributed by atoms with Gasteiger partial charge in [-0.25, -0.2) is 14.3 Å². The summed E-state index contributed by atoms with van der Waals surface area (Å²) in [5.41, 5.74) is 5.38. The molecule has 1 aliphatic carbocycles. The Labute approximate surface area is 150 Å². The number of aryl methyl sites for hydroxylation is 2. The first kappa shape index (κ1) is 18.4. The maximum Gasteiger partial charge on any atom is 0.332 e. The molecule has 9 heteroatoms. The highest BCUT2D eigenvalue weighted by Gasteiger charge is 2.25. The minimum absolute atomic E-state index is 0.122. The number of amides is 1. The Bertz CT molecular complexity index is 919. The number of imidazole rings is 1. The van der Waals surface area contributed by atoms with Crippen LogP contribution in [0.25, 0.3) is 11.2 Å². The van der Waals surface area contributed by atoms with Crippen LogP contribution in [-0.4, -0.2) is 37.2 Å². The fraction of sp³-hybridized carbons (Fsp3) is 0.647. The minimum Gasteiger partial charge on any atom is -0.350 e. The average Bonchev–Trinajstić information content (AvgIpc) is 3.04. The number of nitrogens with one attached hydrogen (secondary N) is 1. The molecular weight excluding hydrogens is 336 g/mol. The van der Waals surface area contributed by atoms with Gasteiger partial charge in [-0.05, 0) is 18.8 Å². The van der Waals surface area contributed by atoms with Crippen LogP contribution in [0, 0.1) is 5.92 Å². The number of aromatic nitrogens is 4. The normalized spacial score (nSPS) is 16.7. The molecule has 0 radical (unpaired) electrons. The highest BCUT2D eigenvalue weighted by molar-refractivity contribution is 5.77. The third-order valence-electron chi connectivity index (χ3n) is 5.32. The Kier molecular flexibility index (Phi) is 5.26. The molecule has 142 valence electrons. The Balaban J connectivity index is 1.84. The SMILES string of the molecule is Cn1cnc2c1c(=O)n(CC(=O)NC(CN)C1CCCCC1)c(=O)n2C. The molecule has 2 aromatic heterocycles. The molecule has 3 N–H and O–H groups in total. The Hall–Kier alpha value is -2.42. The topological polar surface area (TPSA) is 117 Å². The van der Waals surface area contributed by atoms with E-state index < -0.39 is 11.2 Å². The maximum atomic E-state index is 12.7. The highest BCUT2D eigenvalue weighted by Crippen LogP contribution is 2.26. The number of hydrogen-bond acceptors (Lipinski definition) is 5. The van der Waals surface area contributed by atoms with Crippen LogP contribution in [0.2, 0.25) is 0 Å². The average molecular weight is 362 g/mol. The molecule has 9 nitrogen and oxygen atoms in total. The summed E-state index contributed by atoms with van der Waals surface area (Å²) < 4.78 is 3.79. The van der Waals surface area contributed by atoms with Crippen LogP contribution in [0.1, 0.15) is 32.1 Å². The van der Waals surface area contributed by atoms with Crippen molar-refractivity contribution in [3.05, 3.63) is 27.2 Å². The van der Waals surface area contributed by atoms with Gasteiger partial charge in [-0.15, -0.1) is 0 Å². The van der Waals surface area contributed by atoms with E-state index in [0.29, 0.717) is 23.6 Å². The molecule has 26 heavy (non-hydrogen) atoms. The van der Waals surface area contributed by atoms with E-state index >= 15 is 0 Å². The quantitative estimate of drug-likeness (QED) is 0.741. The van der Waals surface area contributed by atoms with Gasteiger partial charge in [0.05, 0.1) is 6.33 Å². The van der Waals surface area contributed by atoms with Crippen LogP contribution in [0.3, 0.4) is 0 Å². The molecule has 0 saturated heterocycles. The lowest BCUT2D eigenvalue weighted by Gasteiger charge is -2.30. The van der Waals surface area contributed by atoms with Gasteiger partial charge >= 0.3 is 5.69 Å². The number of rotatable bonds is 5. The van der Waals surface area contributed by atoms with E-state index in [-0.39, 0.29) is 18.5 Å². The smallest absolute Gasteiger partial charge is 0.332 e. The van der Waals surface area contributed by atoms with E-state index in [9.17, 15) is 14.4 Å². The number of nitrogens with zero attached hydrogens (tertiary/aromatic N) is 4. The van der Waals surface area contributed by atoms with Crippen molar-refractivity contribution in [1.29, 1.82) is 0 Å². The number of carbonyl (C=O) groups is 1. The number of fused-ring (bicyclic) bond motifs is 1. The first-order valence-corrected chi connectivity index (χ1v) is 9.04. The first-order chi connectivity index (χ1) is 12.4. The van der Waals surface area contributed by atoms with E-state index in [2.05, 4.69) is 10.3 Å². The van der Waals surface area contributed by atoms with Gasteiger partial charge in [-0.1, -0.05) is 19.3 Å². The molecule has 2 aromatic rings. The van der Waals surface area contributed by atoms with E-state index in [0.717, 1.165) is 30.3 Å². The standard InChI is InChI=1S/C17H26N6O3/c1-21-10-19-15-14(21)16(25)23(17(26)22(15)2)9-13(24)20-12(8-18)11-6-4-3-5-7-11/h10-12H,3-9,18H2,1-2H3,(H,20,24). The van der Waals surface area contributed by atoms with Crippen molar-refractivity contribution in [1.82, 2.24) is 24.0 Å². The minimum atomic E-state index is -0.557. The molecule has 1 aliphatic rings. The van der Waals surface area contributed by atoms with Crippen molar-refractivity contribution in [3.63, 3.8) is 0 Å². The predicted molar refractivity (Wildman–Crippen MR) is 97.8 cm³/mol. The monoisotopic (exact) mass is 362 g/mol. The maximum absolute atomic E-state index is 12.7. The summed E-state index contributed by atoms with van der Waals surface area (Å²) in [4.78, 5) is 41.7. The summed E-state index contributed by atoms with van der Waals surface area (Å²) in [6.45, 7) is 0.0277. The zero-order valence-corrected chi connectivity index (χ0v) is 15.3. The third-order valence-corrected chi connectivity index (χ3v) is 5.32. The molecule has 3 rings (SSSR count). The largest absolute Gasteiger partial charge is 0.350 e. The lowest BCUT2D eigenvalue weighted by molar-refractivity contribution is -0.122. The molecule has 0 bridgehead atoms.